The number of carbonyl (C=O) groups is 1. The minimum atomic E-state index is -1.03. The minimum Gasteiger partial charge on any atom is -0.493 e. The van der Waals surface area contributed by atoms with Crippen LogP contribution in [0.25, 0.3) is 0 Å². The fourth-order valence-electron chi connectivity index (χ4n) is 5.42. The quantitative estimate of drug-likeness (QED) is 0.730. The number of fused-ring (bicyclic) bond motifs is 1. The van der Waals surface area contributed by atoms with Crippen LogP contribution in [0.2, 0.25) is 0 Å². The van der Waals surface area contributed by atoms with E-state index in [2.05, 4.69) is 26.0 Å². The van der Waals surface area contributed by atoms with Gasteiger partial charge in [-0.3, -0.25) is 0 Å². The summed E-state index contributed by atoms with van der Waals surface area (Å²) in [4.78, 5) is 11.1. The summed E-state index contributed by atoms with van der Waals surface area (Å²) < 4.78 is 11.6. The van der Waals surface area contributed by atoms with Crippen LogP contribution in [-0.4, -0.2) is 28.9 Å². The normalized spacial score (nSPS) is 28.9. The number of carboxylic acid groups (broad SMARTS) is 1. The number of rotatable bonds is 6. The summed E-state index contributed by atoms with van der Waals surface area (Å²) in [5.74, 6) is 1.89. The largest absolute Gasteiger partial charge is 0.493 e. The van der Waals surface area contributed by atoms with Gasteiger partial charge in [0.2, 0.25) is 5.76 Å². The van der Waals surface area contributed by atoms with Crippen LogP contribution in [0, 0.1) is 24.7 Å². The summed E-state index contributed by atoms with van der Waals surface area (Å²) in [6.07, 6.45) is 4.37. The molecular formula is C24H30O5. The van der Waals surface area contributed by atoms with Crippen LogP contribution in [0.1, 0.15) is 66.0 Å². The van der Waals surface area contributed by atoms with Crippen LogP contribution in [0.3, 0.4) is 0 Å². The average molecular weight is 398 g/mol. The van der Waals surface area contributed by atoms with Gasteiger partial charge in [0.05, 0.1) is 12.7 Å². The topological polar surface area (TPSA) is 79.9 Å². The lowest BCUT2D eigenvalue weighted by Crippen LogP contribution is -2.29. The number of benzene rings is 1. The van der Waals surface area contributed by atoms with Gasteiger partial charge in [0.25, 0.3) is 0 Å². The van der Waals surface area contributed by atoms with Gasteiger partial charge in [-0.15, -0.1) is 0 Å². The van der Waals surface area contributed by atoms with E-state index in [-0.39, 0.29) is 23.7 Å². The second kappa shape index (κ2) is 8.23. The lowest BCUT2D eigenvalue weighted by atomic mass is 9.73. The zero-order valence-corrected chi connectivity index (χ0v) is 17.1. The average Bonchev–Trinajstić information content (AvgIpc) is 3.30. The lowest BCUT2D eigenvalue weighted by Gasteiger charge is -2.33. The first-order valence-corrected chi connectivity index (χ1v) is 10.7. The molecule has 1 aromatic heterocycles. The molecular weight excluding hydrogens is 368 g/mol. The molecule has 0 spiro atoms. The molecule has 0 aliphatic heterocycles. The van der Waals surface area contributed by atoms with Gasteiger partial charge in [-0.25, -0.2) is 4.79 Å². The Labute approximate surface area is 171 Å². The van der Waals surface area contributed by atoms with Crippen LogP contribution in [0.15, 0.2) is 34.7 Å². The highest BCUT2D eigenvalue weighted by molar-refractivity contribution is 5.84. The van der Waals surface area contributed by atoms with Gasteiger partial charge in [-0.2, -0.15) is 0 Å². The Hall–Kier alpha value is -2.27. The Bertz CT molecular complexity index is 870. The Morgan fingerprint density at radius 3 is 2.72 bits per heavy atom. The monoisotopic (exact) mass is 398 g/mol. The second-order valence-corrected chi connectivity index (χ2v) is 8.66. The standard InChI is InChI=1S/C24H30O5/c1-3-15-4-6-18(10-14(15)2)28-13-20-19-7-5-16(11-17(19)12-21(20)25)22-8-9-23(29-22)24(26)27/h4,6,8-10,16-17,19-21,25H,3,5,7,11-13H2,1-2H3,(H,26,27)/t16-,17-,19-,20+,21-/m0/s1. The van der Waals surface area contributed by atoms with Gasteiger partial charge in [0.1, 0.15) is 11.5 Å². The molecule has 0 saturated heterocycles. The molecule has 1 aromatic carbocycles. The van der Waals surface area contributed by atoms with Gasteiger partial charge in [0, 0.05) is 11.8 Å². The maximum atomic E-state index is 11.1. The van der Waals surface area contributed by atoms with Gasteiger partial charge in [-0.05, 0) is 86.3 Å². The Balaban J connectivity index is 1.38. The van der Waals surface area contributed by atoms with Crippen molar-refractivity contribution in [1.82, 2.24) is 0 Å². The molecule has 2 aliphatic carbocycles. The van der Waals surface area contributed by atoms with Gasteiger partial charge < -0.3 is 19.4 Å². The third kappa shape index (κ3) is 4.06. The van der Waals surface area contributed by atoms with Crippen LogP contribution >= 0.6 is 0 Å². The van der Waals surface area contributed by atoms with E-state index in [9.17, 15) is 9.90 Å². The summed E-state index contributed by atoms with van der Waals surface area (Å²) in [5.41, 5.74) is 2.58. The molecule has 5 nitrogen and oxygen atoms in total. The summed E-state index contributed by atoms with van der Waals surface area (Å²) in [6, 6.07) is 9.57. The van der Waals surface area contributed by atoms with Crippen molar-refractivity contribution in [1.29, 1.82) is 0 Å². The first-order chi connectivity index (χ1) is 14.0. The molecule has 2 N–H and O–H groups in total. The molecule has 5 heteroatoms. The molecule has 0 unspecified atom stereocenters. The highest BCUT2D eigenvalue weighted by Crippen LogP contribution is 2.50. The number of hydrogen-bond acceptors (Lipinski definition) is 4. The van der Waals surface area contributed by atoms with E-state index < -0.39 is 5.97 Å². The SMILES string of the molecule is CCc1ccc(OC[C@@H]2[C@H]3CC[C@H](c4ccc(C(=O)O)o4)C[C@H]3C[C@@H]2O)cc1C. The predicted octanol–water partition coefficient (Wildman–Crippen LogP) is 4.81. The first-order valence-electron chi connectivity index (χ1n) is 10.7. The summed E-state index contributed by atoms with van der Waals surface area (Å²) in [6.45, 7) is 4.80. The van der Waals surface area contributed by atoms with Gasteiger partial charge in [-0.1, -0.05) is 13.0 Å². The Morgan fingerprint density at radius 1 is 1.21 bits per heavy atom. The van der Waals surface area contributed by atoms with E-state index in [1.807, 2.05) is 6.07 Å². The molecule has 156 valence electrons. The van der Waals surface area contributed by atoms with Crippen LogP contribution in [0.4, 0.5) is 0 Å². The third-order valence-corrected chi connectivity index (χ3v) is 7.01. The molecule has 5 atom stereocenters. The maximum Gasteiger partial charge on any atom is 0.371 e. The molecule has 0 radical (unpaired) electrons. The van der Waals surface area contributed by atoms with Crippen molar-refractivity contribution in [3.63, 3.8) is 0 Å². The van der Waals surface area contributed by atoms with E-state index >= 15 is 0 Å². The highest BCUT2D eigenvalue weighted by atomic mass is 16.5. The van der Waals surface area contributed by atoms with E-state index in [0.29, 0.717) is 18.4 Å². The van der Waals surface area contributed by atoms with Crippen molar-refractivity contribution in [2.45, 2.75) is 58.0 Å². The third-order valence-electron chi connectivity index (χ3n) is 7.01. The van der Waals surface area contributed by atoms with Crippen molar-refractivity contribution in [3.8, 4) is 5.75 Å². The molecule has 2 fully saturated rings. The number of carboxylic acids is 1. The van der Waals surface area contributed by atoms with Crippen molar-refractivity contribution < 1.29 is 24.2 Å². The molecule has 29 heavy (non-hydrogen) atoms. The highest BCUT2D eigenvalue weighted by Gasteiger charge is 2.46. The zero-order valence-electron chi connectivity index (χ0n) is 17.1. The van der Waals surface area contributed by atoms with E-state index in [1.165, 1.54) is 17.2 Å². The Morgan fingerprint density at radius 2 is 2.03 bits per heavy atom. The molecule has 2 saturated carbocycles. The Kier molecular flexibility index (Phi) is 5.68. The number of aryl methyl sites for hydroxylation is 2. The molecule has 4 rings (SSSR count). The minimum absolute atomic E-state index is 0.00393. The second-order valence-electron chi connectivity index (χ2n) is 8.66. The number of furan rings is 1. The van der Waals surface area contributed by atoms with Crippen LogP contribution in [0.5, 0.6) is 5.75 Å². The number of aromatic carboxylic acids is 1. The molecule has 0 amide bonds. The summed E-state index contributed by atoms with van der Waals surface area (Å²) in [7, 11) is 0. The van der Waals surface area contributed by atoms with Crippen molar-refractivity contribution in [3.05, 3.63) is 53.0 Å². The van der Waals surface area contributed by atoms with Crippen molar-refractivity contribution in [2.24, 2.45) is 17.8 Å². The van der Waals surface area contributed by atoms with Crippen LogP contribution < -0.4 is 4.74 Å². The molecule has 2 aliphatic rings. The van der Waals surface area contributed by atoms with E-state index in [4.69, 9.17) is 14.3 Å². The number of hydrogen-bond donors (Lipinski definition) is 2. The van der Waals surface area contributed by atoms with Crippen LogP contribution in [-0.2, 0) is 6.42 Å². The fourth-order valence-corrected chi connectivity index (χ4v) is 5.42. The first kappa shape index (κ1) is 20.0. The van der Waals surface area contributed by atoms with Crippen molar-refractivity contribution in [2.75, 3.05) is 6.61 Å². The summed E-state index contributed by atoms with van der Waals surface area (Å²) in [5, 5.41) is 19.8. The van der Waals surface area contributed by atoms with Gasteiger partial charge in [0.15, 0.2) is 0 Å². The molecule has 0 bridgehead atoms. The van der Waals surface area contributed by atoms with E-state index in [1.54, 1.807) is 6.07 Å². The fraction of sp³-hybridized carbons (Fsp3) is 0.542. The number of aliphatic hydroxyl groups excluding tert-OH is 1. The van der Waals surface area contributed by atoms with Gasteiger partial charge >= 0.3 is 5.97 Å². The maximum absolute atomic E-state index is 11.1. The van der Waals surface area contributed by atoms with Crippen molar-refractivity contribution >= 4 is 5.97 Å². The lowest BCUT2D eigenvalue weighted by molar-refractivity contribution is 0.0653. The molecule has 2 aromatic rings. The smallest absolute Gasteiger partial charge is 0.371 e. The zero-order chi connectivity index (χ0) is 20.5. The summed E-state index contributed by atoms with van der Waals surface area (Å²) >= 11 is 0. The van der Waals surface area contributed by atoms with E-state index in [0.717, 1.165) is 43.6 Å². The predicted molar refractivity (Wildman–Crippen MR) is 109 cm³/mol. The molecule has 1 heterocycles. The number of ether oxygens (including phenoxy) is 1. The number of aliphatic hydroxyl groups is 1.